The van der Waals surface area contributed by atoms with Crippen molar-refractivity contribution in [3.05, 3.63) is 35.8 Å². The van der Waals surface area contributed by atoms with Gasteiger partial charge >= 0.3 is 5.97 Å². The van der Waals surface area contributed by atoms with Crippen molar-refractivity contribution in [3.8, 4) is 0 Å². The van der Waals surface area contributed by atoms with Gasteiger partial charge in [0.1, 0.15) is 5.82 Å². The molecule has 2 aromatic rings. The monoisotopic (exact) mass is 263 g/mol. The molecular weight excluding hydrogens is 245 g/mol. The van der Waals surface area contributed by atoms with Gasteiger partial charge in [-0.1, -0.05) is 6.92 Å². The Hall–Kier alpha value is -1.84. The van der Waals surface area contributed by atoms with Crippen LogP contribution in [0.3, 0.4) is 0 Å². The highest BCUT2D eigenvalue weighted by atomic mass is 19.1. The summed E-state index contributed by atoms with van der Waals surface area (Å²) in [5.74, 6) is -1.60. The lowest BCUT2D eigenvalue weighted by Gasteiger charge is -2.08. The zero-order valence-electron chi connectivity index (χ0n) is 11.4. The summed E-state index contributed by atoms with van der Waals surface area (Å²) in [4.78, 5) is 11.0. The fraction of sp³-hybridized carbons (Fsp3) is 0.400. The van der Waals surface area contributed by atoms with Crippen molar-refractivity contribution in [2.24, 2.45) is 5.92 Å². The minimum atomic E-state index is -0.832. The van der Waals surface area contributed by atoms with Crippen molar-refractivity contribution in [2.45, 2.75) is 33.2 Å². The van der Waals surface area contributed by atoms with Gasteiger partial charge in [-0.25, -0.2) is 4.39 Å². The fourth-order valence-electron chi connectivity index (χ4n) is 2.30. The Kier molecular flexibility index (Phi) is 3.60. The number of nitrogens with zero attached hydrogens (tertiary/aromatic N) is 1. The number of benzene rings is 1. The average molecular weight is 263 g/mol. The van der Waals surface area contributed by atoms with E-state index in [2.05, 4.69) is 4.57 Å². The molecule has 0 amide bonds. The van der Waals surface area contributed by atoms with Gasteiger partial charge in [-0.05, 0) is 44.0 Å². The molecule has 0 aliphatic rings. The SMILES string of the molecule is CC(Cc1cn(C(C)C)c2ccc(F)cc12)C(=O)O. The van der Waals surface area contributed by atoms with Crippen LogP contribution in [-0.4, -0.2) is 15.6 Å². The second-order valence-corrected chi connectivity index (χ2v) is 5.26. The van der Waals surface area contributed by atoms with Gasteiger partial charge in [-0.15, -0.1) is 0 Å². The highest BCUT2D eigenvalue weighted by molar-refractivity contribution is 5.85. The van der Waals surface area contributed by atoms with Gasteiger partial charge in [0.2, 0.25) is 0 Å². The Morgan fingerprint density at radius 3 is 2.63 bits per heavy atom. The van der Waals surface area contributed by atoms with Crippen LogP contribution in [0.1, 0.15) is 32.4 Å². The van der Waals surface area contributed by atoms with E-state index in [1.165, 1.54) is 12.1 Å². The number of fused-ring (bicyclic) bond motifs is 1. The molecule has 1 N–H and O–H groups in total. The van der Waals surface area contributed by atoms with Crippen molar-refractivity contribution in [3.63, 3.8) is 0 Å². The van der Waals surface area contributed by atoms with Crippen LogP contribution >= 0.6 is 0 Å². The van der Waals surface area contributed by atoms with Crippen LogP contribution in [0.15, 0.2) is 24.4 Å². The van der Waals surface area contributed by atoms with Gasteiger partial charge in [0.25, 0.3) is 0 Å². The number of hydrogen-bond acceptors (Lipinski definition) is 1. The molecule has 0 bridgehead atoms. The lowest BCUT2D eigenvalue weighted by Crippen LogP contribution is -2.12. The van der Waals surface area contributed by atoms with E-state index in [9.17, 15) is 9.18 Å². The van der Waals surface area contributed by atoms with Gasteiger partial charge in [-0.3, -0.25) is 4.79 Å². The van der Waals surface area contributed by atoms with Crippen molar-refractivity contribution >= 4 is 16.9 Å². The Morgan fingerprint density at radius 1 is 1.37 bits per heavy atom. The van der Waals surface area contributed by atoms with Crippen LogP contribution in [-0.2, 0) is 11.2 Å². The quantitative estimate of drug-likeness (QED) is 0.915. The summed E-state index contributed by atoms with van der Waals surface area (Å²) in [6.07, 6.45) is 2.35. The van der Waals surface area contributed by atoms with E-state index in [-0.39, 0.29) is 11.9 Å². The molecule has 3 nitrogen and oxygen atoms in total. The van der Waals surface area contributed by atoms with Crippen LogP contribution in [0.25, 0.3) is 10.9 Å². The summed E-state index contributed by atoms with van der Waals surface area (Å²) in [6.45, 7) is 5.76. The van der Waals surface area contributed by atoms with E-state index >= 15 is 0 Å². The maximum atomic E-state index is 13.4. The zero-order valence-corrected chi connectivity index (χ0v) is 11.4. The predicted molar refractivity (Wildman–Crippen MR) is 72.8 cm³/mol. The lowest BCUT2D eigenvalue weighted by atomic mass is 10.0. The molecule has 0 radical (unpaired) electrons. The van der Waals surface area contributed by atoms with E-state index in [0.717, 1.165) is 16.5 Å². The maximum absolute atomic E-state index is 13.4. The van der Waals surface area contributed by atoms with Gasteiger partial charge in [-0.2, -0.15) is 0 Å². The minimum absolute atomic E-state index is 0.252. The molecule has 1 unspecified atom stereocenters. The molecule has 2 rings (SSSR count). The standard InChI is InChI=1S/C15H18FNO2/c1-9(2)17-8-11(6-10(3)15(18)19)13-7-12(16)4-5-14(13)17/h4-5,7-10H,6H2,1-3H3,(H,18,19). The van der Waals surface area contributed by atoms with Crippen LogP contribution in [0, 0.1) is 11.7 Å². The molecule has 1 aromatic carbocycles. The van der Waals surface area contributed by atoms with Gasteiger partial charge < -0.3 is 9.67 Å². The lowest BCUT2D eigenvalue weighted by molar-refractivity contribution is -0.141. The van der Waals surface area contributed by atoms with Gasteiger partial charge in [0.05, 0.1) is 5.92 Å². The molecule has 0 spiro atoms. The largest absolute Gasteiger partial charge is 0.481 e. The number of halogens is 1. The number of aliphatic carboxylic acids is 1. The third-order valence-electron chi connectivity index (χ3n) is 3.38. The molecule has 102 valence electrons. The van der Waals surface area contributed by atoms with Crippen molar-refractivity contribution in [1.82, 2.24) is 4.57 Å². The zero-order chi connectivity index (χ0) is 14.2. The van der Waals surface area contributed by atoms with E-state index in [4.69, 9.17) is 5.11 Å². The molecule has 1 heterocycles. The summed E-state index contributed by atoms with van der Waals surface area (Å²) in [5.41, 5.74) is 1.84. The maximum Gasteiger partial charge on any atom is 0.306 e. The molecule has 4 heteroatoms. The van der Waals surface area contributed by atoms with Crippen LogP contribution < -0.4 is 0 Å². The smallest absolute Gasteiger partial charge is 0.306 e. The summed E-state index contributed by atoms with van der Waals surface area (Å²) in [7, 11) is 0. The molecule has 0 aliphatic heterocycles. The number of carbonyl (C=O) groups is 1. The molecule has 0 fully saturated rings. The molecule has 19 heavy (non-hydrogen) atoms. The molecule has 1 atom stereocenters. The third kappa shape index (κ3) is 2.62. The number of hydrogen-bond donors (Lipinski definition) is 1. The van der Waals surface area contributed by atoms with Gasteiger partial charge in [0.15, 0.2) is 0 Å². The van der Waals surface area contributed by atoms with E-state index < -0.39 is 11.9 Å². The first kappa shape index (κ1) is 13.6. The first-order valence-electron chi connectivity index (χ1n) is 6.42. The first-order valence-corrected chi connectivity index (χ1v) is 6.42. The second kappa shape index (κ2) is 5.03. The normalized spacial score (nSPS) is 13.1. The van der Waals surface area contributed by atoms with Crippen molar-refractivity contribution in [1.29, 1.82) is 0 Å². The van der Waals surface area contributed by atoms with E-state index in [1.54, 1.807) is 13.0 Å². The third-order valence-corrected chi connectivity index (χ3v) is 3.38. The average Bonchev–Trinajstić information content (AvgIpc) is 2.67. The number of carboxylic acid groups (broad SMARTS) is 1. The summed E-state index contributed by atoms with van der Waals surface area (Å²) >= 11 is 0. The Labute approximate surface area is 111 Å². The molecule has 0 saturated heterocycles. The summed E-state index contributed by atoms with van der Waals surface area (Å²) in [6, 6.07) is 4.92. The van der Waals surface area contributed by atoms with Crippen molar-refractivity contribution in [2.75, 3.05) is 0 Å². The van der Waals surface area contributed by atoms with Crippen LogP contribution in [0.4, 0.5) is 4.39 Å². The minimum Gasteiger partial charge on any atom is -0.481 e. The summed E-state index contributed by atoms with van der Waals surface area (Å²) < 4.78 is 15.5. The number of carboxylic acids is 1. The molecular formula is C15H18FNO2. The van der Waals surface area contributed by atoms with Crippen molar-refractivity contribution < 1.29 is 14.3 Å². The Balaban J connectivity index is 2.54. The molecule has 1 aromatic heterocycles. The van der Waals surface area contributed by atoms with Crippen LogP contribution in [0.5, 0.6) is 0 Å². The number of rotatable bonds is 4. The van der Waals surface area contributed by atoms with E-state index in [0.29, 0.717) is 6.42 Å². The fourth-order valence-corrected chi connectivity index (χ4v) is 2.30. The van der Waals surface area contributed by atoms with Gasteiger partial charge in [0, 0.05) is 23.1 Å². The highest BCUT2D eigenvalue weighted by Crippen LogP contribution is 2.27. The van der Waals surface area contributed by atoms with E-state index in [1.807, 2.05) is 20.0 Å². The molecule has 0 aliphatic carbocycles. The van der Waals surface area contributed by atoms with Crippen LogP contribution in [0.2, 0.25) is 0 Å². The highest BCUT2D eigenvalue weighted by Gasteiger charge is 2.17. The molecule has 0 saturated carbocycles. The number of aromatic nitrogens is 1. The first-order chi connectivity index (χ1) is 8.90. The second-order valence-electron chi connectivity index (χ2n) is 5.26. The topological polar surface area (TPSA) is 42.2 Å². The summed E-state index contributed by atoms with van der Waals surface area (Å²) in [5, 5.41) is 9.81. The predicted octanol–water partition coefficient (Wildman–Crippen LogP) is 3.62. The Morgan fingerprint density at radius 2 is 2.05 bits per heavy atom. The Bertz CT molecular complexity index is 616.